The zero-order valence-electron chi connectivity index (χ0n) is 5.36. The smallest absolute Gasteiger partial charge is 0.119 e. The van der Waals surface area contributed by atoms with E-state index in [2.05, 4.69) is 5.32 Å². The van der Waals surface area contributed by atoms with E-state index in [1.165, 1.54) is 0 Å². The van der Waals surface area contributed by atoms with Gasteiger partial charge >= 0.3 is 0 Å². The van der Waals surface area contributed by atoms with Crippen molar-refractivity contribution in [1.29, 1.82) is 0 Å². The number of piperidine rings is 1. The molecule has 0 aromatic heterocycles. The van der Waals surface area contributed by atoms with Crippen molar-refractivity contribution in [1.82, 2.24) is 5.32 Å². The molecule has 1 aliphatic heterocycles. The average molecular weight is 133 g/mol. The number of nitrogens with one attached hydrogen (secondary N) is 1. The number of rotatable bonds is 1. The van der Waals surface area contributed by atoms with Crippen LogP contribution in [0.5, 0.6) is 0 Å². The monoisotopic (exact) mass is 133 g/mol. The third-order valence-corrected chi connectivity index (χ3v) is 1.70. The van der Waals surface area contributed by atoms with E-state index in [-0.39, 0.29) is 0 Å². The van der Waals surface area contributed by atoms with Crippen LogP contribution in [0.15, 0.2) is 0 Å². The quantitative estimate of drug-likeness (QED) is 0.530. The van der Waals surface area contributed by atoms with E-state index >= 15 is 0 Å². The molecular weight excluding hydrogens is 121 g/mol. The van der Waals surface area contributed by atoms with Crippen molar-refractivity contribution in [3.8, 4) is 0 Å². The van der Waals surface area contributed by atoms with Crippen LogP contribution in [-0.4, -0.2) is 30.5 Å². The van der Waals surface area contributed by atoms with Crippen LogP contribution < -0.4 is 5.32 Å². The van der Waals surface area contributed by atoms with Crippen LogP contribution in [0.4, 0.5) is 4.39 Å². The molecule has 1 fully saturated rings. The second-order valence-corrected chi connectivity index (χ2v) is 2.64. The topological polar surface area (TPSA) is 32.3 Å². The Labute approximate surface area is 54.1 Å². The fraction of sp³-hybridized carbons (Fsp3) is 1.00. The van der Waals surface area contributed by atoms with E-state index in [0.29, 0.717) is 13.0 Å². The molecule has 0 radical (unpaired) electrons. The lowest BCUT2D eigenvalue weighted by molar-refractivity contribution is -0.00519. The van der Waals surface area contributed by atoms with E-state index in [9.17, 15) is 9.50 Å². The molecule has 0 aromatic carbocycles. The molecule has 0 aliphatic carbocycles. The summed E-state index contributed by atoms with van der Waals surface area (Å²) in [4.78, 5) is 0. The zero-order chi connectivity index (χ0) is 6.74. The first-order valence-corrected chi connectivity index (χ1v) is 3.26. The minimum absolute atomic E-state index is 0.406. The van der Waals surface area contributed by atoms with Crippen molar-refractivity contribution in [3.05, 3.63) is 0 Å². The lowest BCUT2D eigenvalue weighted by atomic mass is 9.96. The van der Waals surface area contributed by atoms with Gasteiger partial charge in [0.15, 0.2) is 0 Å². The largest absolute Gasteiger partial charge is 0.386 e. The Kier molecular flexibility index (Phi) is 2.03. The van der Waals surface area contributed by atoms with E-state index in [0.717, 1.165) is 13.0 Å². The van der Waals surface area contributed by atoms with E-state index in [1.807, 2.05) is 0 Å². The Hall–Kier alpha value is -0.150. The average Bonchev–Trinajstić information content (AvgIpc) is 1.90. The molecule has 0 aromatic rings. The lowest BCUT2D eigenvalue weighted by Crippen LogP contribution is -2.47. The van der Waals surface area contributed by atoms with E-state index in [1.54, 1.807) is 0 Å². The number of β-amino-alcohol motifs (C(OH)–C–C–N with tert-alkyl or cyclic N) is 1. The predicted molar refractivity (Wildman–Crippen MR) is 33.0 cm³/mol. The maximum absolute atomic E-state index is 12.0. The normalized spacial score (nSPS) is 36.7. The van der Waals surface area contributed by atoms with Crippen LogP contribution in [0.3, 0.4) is 0 Å². The maximum Gasteiger partial charge on any atom is 0.119 e. The van der Waals surface area contributed by atoms with Gasteiger partial charge < -0.3 is 10.4 Å². The Morgan fingerprint density at radius 2 is 2.44 bits per heavy atom. The summed E-state index contributed by atoms with van der Waals surface area (Å²) < 4.78 is 12.0. The van der Waals surface area contributed by atoms with Crippen molar-refractivity contribution < 1.29 is 9.50 Å². The molecule has 0 saturated carbocycles. The summed E-state index contributed by atoms with van der Waals surface area (Å²) in [6.07, 6.45) is 1.47. The van der Waals surface area contributed by atoms with Crippen LogP contribution in [0, 0.1) is 0 Å². The summed E-state index contributed by atoms with van der Waals surface area (Å²) in [6, 6.07) is 0. The first kappa shape index (κ1) is 6.96. The van der Waals surface area contributed by atoms with Crippen LogP contribution in [0.2, 0.25) is 0 Å². The Morgan fingerprint density at radius 1 is 1.67 bits per heavy atom. The van der Waals surface area contributed by atoms with Gasteiger partial charge in [-0.25, -0.2) is 4.39 Å². The van der Waals surface area contributed by atoms with Gasteiger partial charge in [-0.15, -0.1) is 0 Å². The van der Waals surface area contributed by atoms with E-state index in [4.69, 9.17) is 0 Å². The van der Waals surface area contributed by atoms with Gasteiger partial charge in [-0.3, -0.25) is 0 Å². The molecule has 1 rings (SSSR count). The number of alkyl halides is 1. The Morgan fingerprint density at radius 3 is 2.78 bits per heavy atom. The molecule has 1 aliphatic rings. The van der Waals surface area contributed by atoms with Gasteiger partial charge in [0, 0.05) is 6.54 Å². The molecule has 0 spiro atoms. The van der Waals surface area contributed by atoms with Crippen molar-refractivity contribution in [2.24, 2.45) is 0 Å². The molecule has 9 heavy (non-hydrogen) atoms. The molecule has 1 saturated heterocycles. The van der Waals surface area contributed by atoms with Crippen LogP contribution in [-0.2, 0) is 0 Å². The minimum atomic E-state index is -1.06. The maximum atomic E-state index is 12.0. The molecule has 54 valence electrons. The summed E-state index contributed by atoms with van der Waals surface area (Å²) in [7, 11) is 0. The molecule has 1 heterocycles. The van der Waals surface area contributed by atoms with Gasteiger partial charge in [0.05, 0.1) is 0 Å². The first-order chi connectivity index (χ1) is 4.27. The molecule has 0 amide bonds. The van der Waals surface area contributed by atoms with Gasteiger partial charge in [0.25, 0.3) is 0 Å². The van der Waals surface area contributed by atoms with Crippen molar-refractivity contribution >= 4 is 0 Å². The molecule has 0 unspecified atom stereocenters. The number of aliphatic hydroxyl groups is 1. The molecular formula is C6H12FNO. The lowest BCUT2D eigenvalue weighted by Gasteiger charge is -2.29. The second-order valence-electron chi connectivity index (χ2n) is 2.64. The van der Waals surface area contributed by atoms with E-state index < -0.39 is 12.3 Å². The summed E-state index contributed by atoms with van der Waals surface area (Å²) in [5.41, 5.74) is -1.06. The molecule has 2 N–H and O–H groups in total. The van der Waals surface area contributed by atoms with Crippen LogP contribution >= 0.6 is 0 Å². The zero-order valence-corrected chi connectivity index (χ0v) is 5.36. The van der Waals surface area contributed by atoms with Gasteiger partial charge in [-0.2, -0.15) is 0 Å². The number of hydrogen-bond acceptors (Lipinski definition) is 2. The minimum Gasteiger partial charge on any atom is -0.386 e. The highest BCUT2D eigenvalue weighted by atomic mass is 19.1. The first-order valence-electron chi connectivity index (χ1n) is 3.26. The summed E-state index contributed by atoms with van der Waals surface area (Å²) in [5.74, 6) is 0. The Balaban J connectivity index is 2.37. The molecule has 2 nitrogen and oxygen atoms in total. The predicted octanol–water partition coefficient (Wildman–Crippen LogP) is 0.0704. The fourth-order valence-corrected chi connectivity index (χ4v) is 1.07. The number of hydrogen-bond donors (Lipinski definition) is 2. The SMILES string of the molecule is O[C@@]1(CF)CCCNC1. The highest BCUT2D eigenvalue weighted by molar-refractivity contribution is 4.84. The standard InChI is InChI=1S/C6H12FNO/c7-4-6(9)2-1-3-8-5-6/h8-9H,1-5H2/t6-/m1/s1. The third-order valence-electron chi connectivity index (χ3n) is 1.70. The third kappa shape index (κ3) is 1.63. The summed E-state index contributed by atoms with van der Waals surface area (Å²) >= 11 is 0. The number of halogens is 1. The summed E-state index contributed by atoms with van der Waals surface area (Å²) in [5, 5.41) is 12.2. The van der Waals surface area contributed by atoms with Crippen LogP contribution in [0.1, 0.15) is 12.8 Å². The van der Waals surface area contributed by atoms with Crippen molar-refractivity contribution in [2.75, 3.05) is 19.8 Å². The van der Waals surface area contributed by atoms with Gasteiger partial charge in [0.1, 0.15) is 12.3 Å². The summed E-state index contributed by atoms with van der Waals surface area (Å²) in [6.45, 7) is 0.686. The van der Waals surface area contributed by atoms with Crippen molar-refractivity contribution in [3.63, 3.8) is 0 Å². The van der Waals surface area contributed by atoms with Gasteiger partial charge in [0.2, 0.25) is 0 Å². The molecule has 3 heteroatoms. The van der Waals surface area contributed by atoms with Crippen molar-refractivity contribution in [2.45, 2.75) is 18.4 Å². The highest BCUT2D eigenvalue weighted by Crippen LogP contribution is 2.15. The van der Waals surface area contributed by atoms with Crippen LogP contribution in [0.25, 0.3) is 0 Å². The highest BCUT2D eigenvalue weighted by Gasteiger charge is 2.28. The Bertz CT molecular complexity index is 91.1. The molecule has 0 bridgehead atoms. The molecule has 1 atom stereocenters. The second kappa shape index (κ2) is 2.62. The van der Waals surface area contributed by atoms with Gasteiger partial charge in [-0.1, -0.05) is 0 Å². The van der Waals surface area contributed by atoms with Gasteiger partial charge in [-0.05, 0) is 19.4 Å². The fourth-order valence-electron chi connectivity index (χ4n) is 1.07.